The van der Waals surface area contributed by atoms with Gasteiger partial charge in [0.25, 0.3) is 0 Å². The molecule has 4 aromatic rings. The molecular weight excluding hydrogens is 371 g/mol. The van der Waals surface area contributed by atoms with E-state index in [-0.39, 0.29) is 0 Å². The van der Waals surface area contributed by atoms with Gasteiger partial charge in [0.05, 0.1) is 10.9 Å². The molecular formula is C21H19FN6O. The number of hydrogen-bond acceptors (Lipinski definition) is 4. The Labute approximate surface area is 165 Å². The van der Waals surface area contributed by atoms with Crippen LogP contribution < -0.4 is 22.1 Å². The first kappa shape index (κ1) is 18.5. The number of nitrogen functional groups attached to an aromatic ring is 1. The molecule has 0 spiro atoms. The summed E-state index contributed by atoms with van der Waals surface area (Å²) in [6.45, 7) is 0.373. The van der Waals surface area contributed by atoms with Gasteiger partial charge in [0.15, 0.2) is 5.82 Å². The maximum absolute atomic E-state index is 14.8. The van der Waals surface area contributed by atoms with Gasteiger partial charge in [-0.25, -0.2) is 9.18 Å². The topological polar surface area (TPSA) is 122 Å². The summed E-state index contributed by atoms with van der Waals surface area (Å²) in [5, 5.41) is 12.8. The highest BCUT2D eigenvalue weighted by molar-refractivity contribution is 6.02. The van der Waals surface area contributed by atoms with Gasteiger partial charge in [-0.1, -0.05) is 24.3 Å². The molecule has 0 aliphatic heterocycles. The first-order valence-corrected chi connectivity index (χ1v) is 8.94. The lowest BCUT2D eigenvalue weighted by atomic mass is 10.0. The summed E-state index contributed by atoms with van der Waals surface area (Å²) in [7, 11) is 0. The van der Waals surface area contributed by atoms with Crippen LogP contribution in [0.15, 0.2) is 60.7 Å². The number of fused-ring (bicyclic) bond motifs is 1. The summed E-state index contributed by atoms with van der Waals surface area (Å²) in [6.07, 6.45) is 0. The van der Waals surface area contributed by atoms with Crippen molar-refractivity contribution >= 4 is 34.1 Å². The minimum Gasteiger partial charge on any atom is -0.382 e. The number of carbonyl (C=O) groups excluding carboxylic acids is 1. The molecule has 4 rings (SSSR count). The second-order valence-corrected chi connectivity index (χ2v) is 6.52. The zero-order valence-electron chi connectivity index (χ0n) is 15.4. The van der Waals surface area contributed by atoms with Gasteiger partial charge in [-0.2, -0.15) is 5.10 Å². The Balaban J connectivity index is 1.55. The van der Waals surface area contributed by atoms with E-state index < -0.39 is 11.8 Å². The Bertz CT molecular complexity index is 1200. The van der Waals surface area contributed by atoms with Crippen LogP contribution in [0.25, 0.3) is 22.0 Å². The number of rotatable bonds is 4. The Morgan fingerprint density at radius 2 is 1.76 bits per heavy atom. The van der Waals surface area contributed by atoms with Gasteiger partial charge >= 0.3 is 6.03 Å². The molecule has 1 heterocycles. The standard InChI is InChI=1S/C21H19FN6O/c22-17-10-14(26-21(29)25-13-4-1-3-12(9-13)11-23)7-8-15(17)16-5-2-6-18-19(16)20(24)28-27-18/h1-10H,11,23H2,(H3,24,27,28)(H2,25,26,29). The number of hydrogen-bond donors (Lipinski definition) is 5. The van der Waals surface area contributed by atoms with Crippen molar-refractivity contribution in [3.63, 3.8) is 0 Å². The maximum atomic E-state index is 14.8. The first-order valence-electron chi connectivity index (χ1n) is 8.94. The van der Waals surface area contributed by atoms with Gasteiger partial charge in [-0.15, -0.1) is 0 Å². The summed E-state index contributed by atoms with van der Waals surface area (Å²) >= 11 is 0. The molecule has 0 aliphatic carbocycles. The second-order valence-electron chi connectivity index (χ2n) is 6.52. The zero-order valence-corrected chi connectivity index (χ0v) is 15.4. The monoisotopic (exact) mass is 390 g/mol. The van der Waals surface area contributed by atoms with E-state index in [0.29, 0.717) is 40.3 Å². The van der Waals surface area contributed by atoms with Crippen molar-refractivity contribution in [3.05, 3.63) is 72.0 Å². The van der Waals surface area contributed by atoms with Crippen LogP contribution in [0, 0.1) is 5.82 Å². The number of urea groups is 1. The molecule has 0 atom stereocenters. The fourth-order valence-corrected chi connectivity index (χ4v) is 3.20. The molecule has 0 unspecified atom stereocenters. The van der Waals surface area contributed by atoms with Crippen molar-refractivity contribution < 1.29 is 9.18 Å². The van der Waals surface area contributed by atoms with Crippen LogP contribution in [0.3, 0.4) is 0 Å². The van der Waals surface area contributed by atoms with E-state index in [2.05, 4.69) is 20.8 Å². The van der Waals surface area contributed by atoms with Crippen LogP contribution in [0.4, 0.5) is 26.4 Å². The van der Waals surface area contributed by atoms with E-state index in [9.17, 15) is 9.18 Å². The minimum absolute atomic E-state index is 0.302. The Hall–Kier alpha value is -3.91. The molecule has 7 nitrogen and oxygen atoms in total. The van der Waals surface area contributed by atoms with Crippen LogP contribution in [-0.2, 0) is 6.54 Å². The molecule has 0 bridgehead atoms. The molecule has 0 radical (unpaired) electrons. The van der Waals surface area contributed by atoms with Crippen LogP contribution in [0.2, 0.25) is 0 Å². The lowest BCUT2D eigenvalue weighted by Gasteiger charge is -2.11. The molecule has 2 amide bonds. The van der Waals surface area contributed by atoms with Crippen LogP contribution in [0.5, 0.6) is 0 Å². The van der Waals surface area contributed by atoms with Crippen LogP contribution in [-0.4, -0.2) is 16.2 Å². The molecule has 3 aromatic carbocycles. The number of aromatic nitrogens is 2. The van der Waals surface area contributed by atoms with Crippen molar-refractivity contribution in [3.8, 4) is 11.1 Å². The van der Waals surface area contributed by atoms with Crippen LogP contribution >= 0.6 is 0 Å². The van der Waals surface area contributed by atoms with Crippen molar-refractivity contribution in [2.45, 2.75) is 6.54 Å². The molecule has 7 N–H and O–H groups in total. The molecule has 0 saturated carbocycles. The number of amides is 2. The lowest BCUT2D eigenvalue weighted by Crippen LogP contribution is -2.19. The highest BCUT2D eigenvalue weighted by Crippen LogP contribution is 2.33. The lowest BCUT2D eigenvalue weighted by molar-refractivity contribution is 0.262. The van der Waals surface area contributed by atoms with Gasteiger partial charge in [0.1, 0.15) is 5.82 Å². The third kappa shape index (κ3) is 3.74. The molecule has 8 heteroatoms. The van der Waals surface area contributed by atoms with E-state index >= 15 is 0 Å². The fourth-order valence-electron chi connectivity index (χ4n) is 3.20. The number of nitrogens with zero attached hydrogens (tertiary/aromatic N) is 1. The number of benzene rings is 3. The third-order valence-electron chi connectivity index (χ3n) is 4.56. The molecule has 0 aliphatic rings. The summed E-state index contributed by atoms with van der Waals surface area (Å²) in [6, 6.07) is 16.6. The van der Waals surface area contributed by atoms with Gasteiger partial charge in [0.2, 0.25) is 0 Å². The largest absolute Gasteiger partial charge is 0.382 e. The third-order valence-corrected chi connectivity index (χ3v) is 4.56. The van der Waals surface area contributed by atoms with Gasteiger partial charge in [0, 0.05) is 23.5 Å². The van der Waals surface area contributed by atoms with E-state index in [1.807, 2.05) is 12.1 Å². The van der Waals surface area contributed by atoms with Crippen molar-refractivity contribution in [1.29, 1.82) is 0 Å². The van der Waals surface area contributed by atoms with Gasteiger partial charge < -0.3 is 22.1 Å². The number of anilines is 3. The molecule has 29 heavy (non-hydrogen) atoms. The van der Waals surface area contributed by atoms with Crippen molar-refractivity contribution in [2.24, 2.45) is 5.73 Å². The fraction of sp³-hybridized carbons (Fsp3) is 0.0476. The van der Waals surface area contributed by atoms with E-state index in [0.717, 1.165) is 11.1 Å². The number of carbonyl (C=O) groups is 1. The number of H-pyrrole nitrogens is 1. The molecule has 1 aromatic heterocycles. The Kier molecular flexibility index (Phi) is 4.84. The van der Waals surface area contributed by atoms with E-state index in [1.54, 1.807) is 42.5 Å². The van der Waals surface area contributed by atoms with Crippen molar-refractivity contribution in [1.82, 2.24) is 10.2 Å². The summed E-state index contributed by atoms with van der Waals surface area (Å²) in [4.78, 5) is 12.2. The highest BCUT2D eigenvalue weighted by Gasteiger charge is 2.14. The van der Waals surface area contributed by atoms with E-state index in [4.69, 9.17) is 11.5 Å². The number of aromatic amines is 1. The van der Waals surface area contributed by atoms with Crippen molar-refractivity contribution in [2.75, 3.05) is 16.4 Å². The minimum atomic E-state index is -0.485. The van der Waals surface area contributed by atoms with Gasteiger partial charge in [-0.05, 0) is 47.5 Å². The molecule has 146 valence electrons. The second kappa shape index (κ2) is 7.61. The van der Waals surface area contributed by atoms with Gasteiger partial charge in [-0.3, -0.25) is 5.10 Å². The van der Waals surface area contributed by atoms with Crippen LogP contribution in [0.1, 0.15) is 5.56 Å². The Morgan fingerprint density at radius 3 is 2.52 bits per heavy atom. The maximum Gasteiger partial charge on any atom is 0.323 e. The smallest absolute Gasteiger partial charge is 0.323 e. The zero-order chi connectivity index (χ0) is 20.4. The SMILES string of the molecule is NCc1cccc(NC(=O)Nc2ccc(-c3cccc4[nH]nc(N)c34)c(F)c2)c1. The summed E-state index contributed by atoms with van der Waals surface area (Å²) in [5.41, 5.74) is 15.1. The number of nitrogens with one attached hydrogen (secondary N) is 3. The number of nitrogens with two attached hydrogens (primary N) is 2. The van der Waals surface area contributed by atoms with E-state index in [1.165, 1.54) is 6.07 Å². The summed E-state index contributed by atoms with van der Waals surface area (Å²) in [5.74, 6) is -0.183. The predicted molar refractivity (Wildman–Crippen MR) is 113 cm³/mol. The Morgan fingerprint density at radius 1 is 1.00 bits per heavy atom. The predicted octanol–water partition coefficient (Wildman–Crippen LogP) is 4.05. The average Bonchev–Trinajstić information content (AvgIpc) is 3.09. The average molecular weight is 390 g/mol. The quantitative estimate of drug-likeness (QED) is 0.361. The highest BCUT2D eigenvalue weighted by atomic mass is 19.1. The molecule has 0 saturated heterocycles. The first-order chi connectivity index (χ1) is 14.0. The normalized spacial score (nSPS) is 10.8. The summed E-state index contributed by atoms with van der Waals surface area (Å²) < 4.78 is 14.8. The number of halogens is 1. The molecule has 0 fully saturated rings.